The number of halogens is 3. The Labute approximate surface area is 197 Å². The summed E-state index contributed by atoms with van der Waals surface area (Å²) in [5, 5.41) is 9.58. The van der Waals surface area contributed by atoms with E-state index < -0.39 is 30.1 Å². The van der Waals surface area contributed by atoms with Crippen LogP contribution in [0.5, 0.6) is 5.75 Å². The van der Waals surface area contributed by atoms with E-state index in [1.165, 1.54) is 24.1 Å². The van der Waals surface area contributed by atoms with Crippen LogP contribution in [0, 0.1) is 0 Å². The number of rotatable bonds is 6. The number of carbonyl (C=O) groups is 2. The lowest BCUT2D eigenvalue weighted by atomic mass is 10.1. The van der Waals surface area contributed by atoms with Crippen molar-refractivity contribution in [2.45, 2.75) is 12.4 Å². The Morgan fingerprint density at radius 1 is 1.26 bits per heavy atom. The van der Waals surface area contributed by atoms with Gasteiger partial charge in [0, 0.05) is 32.1 Å². The molecule has 1 aliphatic rings. The first kappa shape index (κ1) is 24.0. The molecule has 0 spiro atoms. The molecule has 35 heavy (non-hydrogen) atoms. The highest BCUT2D eigenvalue weighted by atomic mass is 19.4. The highest BCUT2D eigenvalue weighted by molar-refractivity contribution is 6.09. The topological polar surface area (TPSA) is 111 Å². The summed E-state index contributed by atoms with van der Waals surface area (Å²) in [4.78, 5) is 31.0. The molecule has 4 rings (SSSR count). The van der Waals surface area contributed by atoms with E-state index in [1.54, 1.807) is 36.3 Å². The Morgan fingerprint density at radius 3 is 2.63 bits per heavy atom. The van der Waals surface area contributed by atoms with Crippen molar-refractivity contribution in [1.29, 1.82) is 0 Å². The lowest BCUT2D eigenvalue weighted by Crippen LogP contribution is -2.49. The summed E-state index contributed by atoms with van der Waals surface area (Å²) in [6, 6.07) is 7.21. The summed E-state index contributed by atoms with van der Waals surface area (Å²) in [5.41, 5.74) is 2.31. The van der Waals surface area contributed by atoms with Gasteiger partial charge in [-0.1, -0.05) is 12.1 Å². The predicted octanol–water partition coefficient (Wildman–Crippen LogP) is 3.24. The molecule has 10 nitrogen and oxygen atoms in total. The van der Waals surface area contributed by atoms with Crippen molar-refractivity contribution in [3.05, 3.63) is 54.4 Å². The van der Waals surface area contributed by atoms with Gasteiger partial charge in [-0.2, -0.15) is 5.10 Å². The number of carbonyl (C=O) groups excluding carboxylic acids is 2. The highest BCUT2D eigenvalue weighted by Gasteiger charge is 2.32. The molecule has 1 aromatic carbocycles. The van der Waals surface area contributed by atoms with Gasteiger partial charge in [0.1, 0.15) is 12.3 Å². The summed E-state index contributed by atoms with van der Waals surface area (Å²) in [6.07, 6.45) is -1.61. The average molecular weight is 490 g/mol. The number of fused-ring (bicyclic) bond motifs is 1. The number of amides is 3. The molecule has 1 aliphatic heterocycles. The number of nitrogens with one attached hydrogen (secondary N) is 2. The standard InChI is InChI=1S/C22H21F3N6O4/c1-30-18(7-8-27-30)14-9-16-20(26-10-14)31(11-19(32)28-16)21(33)29-17(12-34-2)13-3-5-15(6-4-13)35-22(23,24)25/h3-10,17H,11-12H2,1-2H3,(H,28,32)(H,29,33). The number of methoxy groups -OCH3 is 1. The molecule has 0 radical (unpaired) electrons. The van der Waals surface area contributed by atoms with E-state index in [0.717, 1.165) is 17.8 Å². The van der Waals surface area contributed by atoms with Gasteiger partial charge in [0.15, 0.2) is 5.82 Å². The Kier molecular flexibility index (Phi) is 6.60. The molecule has 2 aromatic heterocycles. The number of alkyl halides is 3. The van der Waals surface area contributed by atoms with Crippen molar-refractivity contribution in [2.24, 2.45) is 7.05 Å². The van der Waals surface area contributed by atoms with Gasteiger partial charge >= 0.3 is 12.4 Å². The first-order valence-corrected chi connectivity index (χ1v) is 10.4. The number of anilines is 2. The minimum atomic E-state index is -4.81. The summed E-state index contributed by atoms with van der Waals surface area (Å²) in [7, 11) is 3.19. The van der Waals surface area contributed by atoms with Crippen LogP contribution in [0.1, 0.15) is 11.6 Å². The number of hydrogen-bond donors (Lipinski definition) is 2. The lowest BCUT2D eigenvalue weighted by molar-refractivity contribution is -0.274. The number of aromatic nitrogens is 3. The number of nitrogens with zero attached hydrogens (tertiary/aromatic N) is 4. The monoisotopic (exact) mass is 490 g/mol. The zero-order valence-electron chi connectivity index (χ0n) is 18.7. The number of ether oxygens (including phenoxy) is 2. The van der Waals surface area contributed by atoms with E-state index in [4.69, 9.17) is 4.74 Å². The van der Waals surface area contributed by atoms with E-state index in [1.807, 2.05) is 0 Å². The second-order valence-electron chi connectivity index (χ2n) is 7.64. The molecule has 3 amide bonds. The number of benzene rings is 1. The Hall–Kier alpha value is -4.13. The largest absolute Gasteiger partial charge is 0.573 e. The van der Waals surface area contributed by atoms with Crippen LogP contribution in [0.15, 0.2) is 48.8 Å². The van der Waals surface area contributed by atoms with Gasteiger partial charge in [0.2, 0.25) is 5.91 Å². The van der Waals surface area contributed by atoms with Crippen LogP contribution in [-0.4, -0.2) is 53.3 Å². The van der Waals surface area contributed by atoms with Gasteiger partial charge in [0.25, 0.3) is 0 Å². The minimum Gasteiger partial charge on any atom is -0.406 e. The molecule has 0 fully saturated rings. The van der Waals surface area contributed by atoms with Gasteiger partial charge < -0.3 is 20.1 Å². The van der Waals surface area contributed by atoms with Crippen LogP contribution in [-0.2, 0) is 16.6 Å². The Bertz CT molecular complexity index is 1230. The van der Waals surface area contributed by atoms with E-state index in [9.17, 15) is 22.8 Å². The maximum atomic E-state index is 13.1. The van der Waals surface area contributed by atoms with Gasteiger partial charge in [-0.3, -0.25) is 14.4 Å². The second kappa shape index (κ2) is 9.62. The fourth-order valence-corrected chi connectivity index (χ4v) is 3.65. The molecule has 0 saturated heterocycles. The fraction of sp³-hybridized carbons (Fsp3) is 0.273. The SMILES string of the molecule is COCC(NC(=O)N1CC(=O)Nc2cc(-c3ccnn3C)cnc21)c1ccc(OC(F)(F)F)cc1. The molecule has 3 aromatic rings. The van der Waals surface area contributed by atoms with Crippen molar-refractivity contribution in [1.82, 2.24) is 20.1 Å². The van der Waals surface area contributed by atoms with Crippen molar-refractivity contribution < 1.29 is 32.2 Å². The van der Waals surface area contributed by atoms with Crippen LogP contribution in [0.3, 0.4) is 0 Å². The third-order valence-corrected chi connectivity index (χ3v) is 5.21. The summed E-state index contributed by atoms with van der Waals surface area (Å²) in [5.74, 6) is -0.551. The van der Waals surface area contributed by atoms with Crippen LogP contribution >= 0.6 is 0 Å². The third-order valence-electron chi connectivity index (χ3n) is 5.21. The molecule has 2 N–H and O–H groups in total. The summed E-state index contributed by atoms with van der Waals surface area (Å²) in [6.45, 7) is -0.236. The molecule has 0 saturated carbocycles. The molecular formula is C22H21F3N6O4. The smallest absolute Gasteiger partial charge is 0.406 e. The molecule has 184 valence electrons. The first-order valence-electron chi connectivity index (χ1n) is 10.4. The molecule has 1 unspecified atom stereocenters. The molecule has 0 bridgehead atoms. The predicted molar refractivity (Wildman–Crippen MR) is 119 cm³/mol. The van der Waals surface area contributed by atoms with Gasteiger partial charge in [0.05, 0.1) is 24.0 Å². The van der Waals surface area contributed by atoms with Crippen LogP contribution in [0.25, 0.3) is 11.3 Å². The number of urea groups is 1. The average Bonchev–Trinajstić information content (AvgIpc) is 3.23. The van der Waals surface area contributed by atoms with Crippen molar-refractivity contribution in [3.63, 3.8) is 0 Å². The molecule has 1 atom stereocenters. The normalized spacial score (nSPS) is 14.2. The van der Waals surface area contributed by atoms with Crippen LogP contribution < -0.4 is 20.3 Å². The van der Waals surface area contributed by atoms with Crippen molar-refractivity contribution >= 4 is 23.4 Å². The summed E-state index contributed by atoms with van der Waals surface area (Å²) < 4.78 is 48.0. The van der Waals surface area contributed by atoms with Crippen LogP contribution in [0.4, 0.5) is 29.5 Å². The maximum absolute atomic E-state index is 13.1. The van der Waals surface area contributed by atoms with E-state index in [-0.39, 0.29) is 19.0 Å². The molecule has 13 heteroatoms. The number of pyridine rings is 1. The second-order valence-corrected chi connectivity index (χ2v) is 7.64. The van der Waals surface area contributed by atoms with Crippen LogP contribution in [0.2, 0.25) is 0 Å². The van der Waals surface area contributed by atoms with Gasteiger partial charge in [-0.05, 0) is 29.8 Å². The fourth-order valence-electron chi connectivity index (χ4n) is 3.65. The first-order chi connectivity index (χ1) is 16.6. The molecule has 0 aliphatic carbocycles. The third kappa shape index (κ3) is 5.51. The lowest BCUT2D eigenvalue weighted by Gasteiger charge is -2.30. The van der Waals surface area contributed by atoms with Gasteiger partial charge in [-0.15, -0.1) is 13.2 Å². The van der Waals surface area contributed by atoms with E-state index in [0.29, 0.717) is 16.8 Å². The summed E-state index contributed by atoms with van der Waals surface area (Å²) >= 11 is 0. The molecular weight excluding hydrogens is 469 g/mol. The highest BCUT2D eigenvalue weighted by Crippen LogP contribution is 2.32. The number of aryl methyl sites for hydroxylation is 1. The molecule has 3 heterocycles. The minimum absolute atomic E-state index is 0.0327. The quantitative estimate of drug-likeness (QED) is 0.549. The van der Waals surface area contributed by atoms with Crippen molar-refractivity contribution in [3.8, 4) is 17.0 Å². The zero-order chi connectivity index (χ0) is 25.2. The van der Waals surface area contributed by atoms with Gasteiger partial charge in [-0.25, -0.2) is 9.78 Å². The Balaban J connectivity index is 1.55. The van der Waals surface area contributed by atoms with E-state index in [2.05, 4.69) is 25.5 Å². The maximum Gasteiger partial charge on any atom is 0.573 e. The Morgan fingerprint density at radius 2 is 2.00 bits per heavy atom. The van der Waals surface area contributed by atoms with E-state index >= 15 is 0 Å². The number of hydrogen-bond acceptors (Lipinski definition) is 6. The van der Waals surface area contributed by atoms with Crippen molar-refractivity contribution in [2.75, 3.05) is 30.5 Å². The zero-order valence-corrected chi connectivity index (χ0v) is 18.7.